The number of phosphoric acid groups is 1. The van der Waals surface area contributed by atoms with Crippen LogP contribution in [0, 0.1) is 0 Å². The number of hydrogen-bond acceptors (Lipinski definition) is 10. The molecule has 17 heteroatoms. The number of amides is 1. The van der Waals surface area contributed by atoms with E-state index in [4.69, 9.17) is 19.6 Å². The first-order valence-electron chi connectivity index (χ1n) is 9.16. The number of fused-ring (bicyclic) bond motifs is 1. The maximum absolute atomic E-state index is 12.3. The van der Waals surface area contributed by atoms with E-state index in [1.54, 1.807) is 0 Å². The molecule has 0 saturated carbocycles. The van der Waals surface area contributed by atoms with Crippen LogP contribution in [0.4, 0.5) is 5.95 Å². The molecule has 2 aromatic heterocycles. The van der Waals surface area contributed by atoms with Crippen molar-refractivity contribution >= 4 is 36.8 Å². The first-order chi connectivity index (χ1) is 15.0. The third-order valence-electron chi connectivity index (χ3n) is 4.50. The predicted molar refractivity (Wildman–Crippen MR) is 102 cm³/mol. The Kier molecular flexibility index (Phi) is 7.04. The summed E-state index contributed by atoms with van der Waals surface area (Å²) in [5, 5.41) is 31.4. The van der Waals surface area contributed by atoms with E-state index in [0.29, 0.717) is 0 Å². The Morgan fingerprint density at radius 1 is 1.28 bits per heavy atom. The van der Waals surface area contributed by atoms with Gasteiger partial charge in [0, 0.05) is 12.8 Å². The van der Waals surface area contributed by atoms with Crippen molar-refractivity contribution in [2.75, 3.05) is 11.9 Å². The molecular formula is C15H20N5O11P. The number of aromatic nitrogens is 4. The Hall–Kier alpha value is -2.72. The molecule has 176 valence electrons. The minimum Gasteiger partial charge on any atom is -0.481 e. The van der Waals surface area contributed by atoms with Gasteiger partial charge >= 0.3 is 13.8 Å². The summed E-state index contributed by atoms with van der Waals surface area (Å²) >= 11 is 0. The normalized spacial score (nSPS) is 23.5. The van der Waals surface area contributed by atoms with Gasteiger partial charge in [-0.15, -0.1) is 0 Å². The molecule has 4 atom stereocenters. The van der Waals surface area contributed by atoms with Crippen LogP contribution in [0.5, 0.6) is 0 Å². The fourth-order valence-electron chi connectivity index (χ4n) is 3.03. The first kappa shape index (κ1) is 23.9. The molecule has 3 rings (SSSR count). The number of carbonyl (C=O) groups is 2. The third-order valence-corrected chi connectivity index (χ3v) is 4.99. The summed E-state index contributed by atoms with van der Waals surface area (Å²) in [6.07, 6.45) is -5.00. The second kappa shape index (κ2) is 9.41. The van der Waals surface area contributed by atoms with Gasteiger partial charge in [0.15, 0.2) is 17.4 Å². The molecule has 0 spiro atoms. The van der Waals surface area contributed by atoms with Crippen LogP contribution < -0.4 is 10.9 Å². The summed E-state index contributed by atoms with van der Waals surface area (Å²) in [6.45, 7) is -0.725. The predicted octanol–water partition coefficient (Wildman–Crippen LogP) is -1.96. The highest BCUT2D eigenvalue weighted by atomic mass is 31.2. The van der Waals surface area contributed by atoms with E-state index in [0.717, 1.165) is 10.9 Å². The Morgan fingerprint density at radius 2 is 2.00 bits per heavy atom. The molecule has 0 unspecified atom stereocenters. The lowest BCUT2D eigenvalue weighted by Gasteiger charge is -2.16. The highest BCUT2D eigenvalue weighted by Gasteiger charge is 2.45. The lowest BCUT2D eigenvalue weighted by Crippen LogP contribution is -2.33. The number of ether oxygens (including phenoxy) is 1. The van der Waals surface area contributed by atoms with Crippen molar-refractivity contribution in [1.82, 2.24) is 19.5 Å². The van der Waals surface area contributed by atoms with Crippen LogP contribution in [-0.2, 0) is 23.4 Å². The summed E-state index contributed by atoms with van der Waals surface area (Å²) in [5.74, 6) is -1.92. The van der Waals surface area contributed by atoms with E-state index in [1.807, 2.05) is 0 Å². The zero-order valence-electron chi connectivity index (χ0n) is 16.2. The van der Waals surface area contributed by atoms with Crippen molar-refractivity contribution in [3.05, 3.63) is 16.7 Å². The number of carboxylic acids is 1. The van der Waals surface area contributed by atoms with Gasteiger partial charge in [-0.25, -0.2) is 9.55 Å². The van der Waals surface area contributed by atoms with Crippen LogP contribution in [0.1, 0.15) is 25.5 Å². The summed E-state index contributed by atoms with van der Waals surface area (Å²) in [5.41, 5.74) is -1.03. The van der Waals surface area contributed by atoms with Gasteiger partial charge in [0.05, 0.1) is 12.9 Å². The highest BCUT2D eigenvalue weighted by molar-refractivity contribution is 7.46. The van der Waals surface area contributed by atoms with Crippen LogP contribution in [0.15, 0.2) is 11.1 Å². The van der Waals surface area contributed by atoms with Crippen molar-refractivity contribution in [2.45, 2.75) is 43.8 Å². The van der Waals surface area contributed by atoms with Gasteiger partial charge < -0.3 is 29.8 Å². The first-order valence-corrected chi connectivity index (χ1v) is 10.7. The van der Waals surface area contributed by atoms with E-state index in [1.165, 1.54) is 0 Å². The topological polar surface area (TPSA) is 246 Å². The number of aliphatic hydroxyl groups is 2. The van der Waals surface area contributed by atoms with E-state index >= 15 is 0 Å². The molecule has 2 aromatic rings. The van der Waals surface area contributed by atoms with E-state index < -0.39 is 56.4 Å². The quantitative estimate of drug-likeness (QED) is 0.194. The molecule has 1 aliphatic rings. The number of aliphatic hydroxyl groups excluding tert-OH is 2. The van der Waals surface area contributed by atoms with Crippen LogP contribution in [0.2, 0.25) is 0 Å². The van der Waals surface area contributed by atoms with E-state index in [2.05, 4.69) is 24.8 Å². The van der Waals surface area contributed by atoms with Gasteiger partial charge in [-0.3, -0.25) is 33.8 Å². The Labute approximate surface area is 178 Å². The number of hydrogen-bond donors (Lipinski definition) is 7. The molecule has 1 fully saturated rings. The average molecular weight is 477 g/mol. The van der Waals surface area contributed by atoms with Gasteiger partial charge in [0.2, 0.25) is 11.9 Å². The summed E-state index contributed by atoms with van der Waals surface area (Å²) < 4.78 is 21.7. The van der Waals surface area contributed by atoms with Crippen LogP contribution >= 0.6 is 7.82 Å². The largest absolute Gasteiger partial charge is 0.481 e. The van der Waals surface area contributed by atoms with Gasteiger partial charge in [-0.2, -0.15) is 4.98 Å². The van der Waals surface area contributed by atoms with Gasteiger partial charge in [0.25, 0.3) is 5.56 Å². The van der Waals surface area contributed by atoms with Crippen LogP contribution in [0.25, 0.3) is 11.2 Å². The SMILES string of the molecule is O=C(O)CCCC(=O)Nc1nc2c(ncn2[C@@H]2O[C@H](COP(=O)(O)O)[C@@H](O)[C@H]2O)c(=O)[nH]1. The lowest BCUT2D eigenvalue weighted by molar-refractivity contribution is -0.137. The molecule has 32 heavy (non-hydrogen) atoms. The standard InChI is InChI=1S/C15H20N5O11P/c21-7(2-1-3-8(22)23)17-15-18-12-9(13(26)19-15)16-5-20(12)14-11(25)10(24)6(31-14)4-30-32(27,28)29/h5-6,10-11,14,24-25H,1-4H2,(H,22,23)(H2,27,28,29)(H2,17,18,19,21,26)/t6-,10-,11-,14-/m1/s1. The van der Waals surface area contributed by atoms with E-state index in [9.17, 15) is 29.2 Å². The summed E-state index contributed by atoms with van der Waals surface area (Å²) in [7, 11) is -4.85. The minimum absolute atomic E-state index is 0.0731. The maximum Gasteiger partial charge on any atom is 0.469 e. The molecule has 0 bridgehead atoms. The number of nitrogens with one attached hydrogen (secondary N) is 2. The number of aromatic amines is 1. The number of carboxylic acid groups (broad SMARTS) is 1. The molecule has 0 radical (unpaired) electrons. The molecular weight excluding hydrogens is 457 g/mol. The minimum atomic E-state index is -4.85. The van der Waals surface area contributed by atoms with Crippen molar-refractivity contribution in [3.8, 4) is 0 Å². The van der Waals surface area contributed by atoms with E-state index in [-0.39, 0.29) is 36.4 Å². The van der Waals surface area contributed by atoms with Crippen molar-refractivity contribution < 1.29 is 48.5 Å². The Bertz CT molecular complexity index is 1110. The van der Waals surface area contributed by atoms with Gasteiger partial charge in [0.1, 0.15) is 18.3 Å². The number of phosphoric ester groups is 1. The number of H-pyrrole nitrogens is 1. The van der Waals surface area contributed by atoms with Crippen molar-refractivity contribution in [3.63, 3.8) is 0 Å². The van der Waals surface area contributed by atoms with Gasteiger partial charge in [-0.05, 0) is 6.42 Å². The fourth-order valence-corrected chi connectivity index (χ4v) is 3.37. The van der Waals surface area contributed by atoms with Crippen LogP contribution in [0.3, 0.4) is 0 Å². The third kappa shape index (κ3) is 5.55. The molecule has 0 aromatic carbocycles. The molecule has 3 heterocycles. The molecule has 1 aliphatic heterocycles. The second-order valence-corrected chi connectivity index (χ2v) is 8.11. The number of anilines is 1. The monoisotopic (exact) mass is 477 g/mol. The maximum atomic E-state index is 12.3. The second-order valence-electron chi connectivity index (χ2n) is 6.87. The summed E-state index contributed by atoms with van der Waals surface area (Å²) in [6, 6.07) is 0. The molecule has 1 amide bonds. The smallest absolute Gasteiger partial charge is 0.469 e. The number of imidazole rings is 1. The highest BCUT2D eigenvalue weighted by Crippen LogP contribution is 2.38. The summed E-state index contributed by atoms with van der Waals surface area (Å²) in [4.78, 5) is 62.6. The molecule has 0 aliphatic carbocycles. The molecule has 7 N–H and O–H groups in total. The molecule has 1 saturated heterocycles. The Balaban J connectivity index is 1.80. The molecule has 16 nitrogen and oxygen atoms in total. The number of aliphatic carboxylic acids is 1. The zero-order valence-corrected chi connectivity index (χ0v) is 17.1. The average Bonchev–Trinajstić information content (AvgIpc) is 3.21. The van der Waals surface area contributed by atoms with Crippen molar-refractivity contribution in [2.24, 2.45) is 0 Å². The van der Waals surface area contributed by atoms with Gasteiger partial charge in [-0.1, -0.05) is 0 Å². The zero-order chi connectivity index (χ0) is 23.6. The number of rotatable bonds is 9. The number of nitrogens with zero attached hydrogens (tertiary/aromatic N) is 3. The number of carbonyl (C=O) groups excluding carboxylic acids is 1. The Morgan fingerprint density at radius 3 is 2.66 bits per heavy atom. The lowest BCUT2D eigenvalue weighted by atomic mass is 10.1. The van der Waals surface area contributed by atoms with Crippen LogP contribution in [-0.4, -0.2) is 81.4 Å². The van der Waals surface area contributed by atoms with Crippen molar-refractivity contribution in [1.29, 1.82) is 0 Å². The fraction of sp³-hybridized carbons (Fsp3) is 0.533.